The van der Waals surface area contributed by atoms with Crippen LogP contribution in [0.3, 0.4) is 0 Å². The van der Waals surface area contributed by atoms with Crippen molar-refractivity contribution in [1.82, 2.24) is 0 Å². The Labute approximate surface area is 172 Å². The summed E-state index contributed by atoms with van der Waals surface area (Å²) in [6.07, 6.45) is 5.67. The minimum absolute atomic E-state index is 0.213. The van der Waals surface area contributed by atoms with Crippen LogP contribution in [0.5, 0.6) is 0 Å². The topological polar surface area (TPSA) is 27.7 Å². The van der Waals surface area contributed by atoms with E-state index in [9.17, 15) is 0 Å². The maximum atomic E-state index is 6.98. The summed E-state index contributed by atoms with van der Waals surface area (Å²) < 4.78 is 6.98. The Morgan fingerprint density at radius 1 is 0.793 bits per heavy atom. The molecule has 4 saturated carbocycles. The van der Waals surface area contributed by atoms with Crippen LogP contribution in [-0.4, -0.2) is 11.9 Å². The van der Waals surface area contributed by atoms with Crippen molar-refractivity contribution in [3.05, 3.63) is 78.4 Å². The fraction of sp³-hybridized carbons (Fsp3) is 0.462. The van der Waals surface area contributed by atoms with Crippen molar-refractivity contribution in [3.63, 3.8) is 0 Å². The second-order valence-electron chi connectivity index (χ2n) is 9.47. The lowest BCUT2D eigenvalue weighted by molar-refractivity contribution is -0.533. The van der Waals surface area contributed by atoms with Crippen molar-refractivity contribution in [1.29, 1.82) is 0 Å². The van der Waals surface area contributed by atoms with Gasteiger partial charge in [-0.25, -0.2) is 4.89 Å². The predicted molar refractivity (Wildman–Crippen MR) is 111 cm³/mol. The van der Waals surface area contributed by atoms with Crippen LogP contribution in [0.2, 0.25) is 0 Å². The Bertz CT molecular complexity index is 863. The summed E-state index contributed by atoms with van der Waals surface area (Å²) in [6, 6.07) is 20.7. The highest BCUT2D eigenvalue weighted by Gasteiger charge is 2.63. The second kappa shape index (κ2) is 6.80. The monoisotopic (exact) mass is 388 g/mol. The van der Waals surface area contributed by atoms with Crippen molar-refractivity contribution in [2.24, 2.45) is 23.7 Å². The molecule has 0 amide bonds. The van der Waals surface area contributed by atoms with Crippen LogP contribution in [0.15, 0.2) is 67.2 Å². The molecule has 29 heavy (non-hydrogen) atoms. The zero-order valence-corrected chi connectivity index (χ0v) is 16.7. The molecule has 1 heterocycles. The van der Waals surface area contributed by atoms with Gasteiger partial charge < -0.3 is 4.74 Å². The van der Waals surface area contributed by atoms with Crippen LogP contribution in [0.4, 0.5) is 0 Å². The minimum Gasteiger partial charge on any atom is -0.335 e. The highest BCUT2D eigenvalue weighted by molar-refractivity contribution is 5.67. The van der Waals surface area contributed by atoms with Crippen LogP contribution in [-0.2, 0) is 14.5 Å². The molecule has 4 aliphatic carbocycles. The molecule has 2 atom stereocenters. The molecule has 0 N–H and O–H groups in total. The summed E-state index contributed by atoms with van der Waals surface area (Å²) in [6.45, 7) is 4.36. The second-order valence-corrected chi connectivity index (χ2v) is 9.47. The summed E-state index contributed by atoms with van der Waals surface area (Å²) in [7, 11) is 0. The van der Waals surface area contributed by atoms with Gasteiger partial charge in [0.05, 0.1) is 0 Å². The summed E-state index contributed by atoms with van der Waals surface area (Å²) in [5, 5.41) is 0. The molecule has 1 saturated heterocycles. The predicted octanol–water partition coefficient (Wildman–Crippen LogP) is 5.94. The SMILES string of the molecule is C=C(c1ccccc1)[C@H]1OOC2(O[C@@H]1c1ccccc1)C1CC3CC(C1)CC2C3. The zero-order chi connectivity index (χ0) is 19.4. The van der Waals surface area contributed by atoms with Gasteiger partial charge in [-0.2, -0.15) is 4.89 Å². The molecule has 0 unspecified atom stereocenters. The van der Waals surface area contributed by atoms with E-state index in [0.717, 1.165) is 28.5 Å². The van der Waals surface area contributed by atoms with Crippen LogP contribution >= 0.6 is 0 Å². The van der Waals surface area contributed by atoms with Gasteiger partial charge in [-0.05, 0) is 60.6 Å². The molecule has 0 radical (unpaired) electrons. The largest absolute Gasteiger partial charge is 0.335 e. The Morgan fingerprint density at radius 2 is 1.38 bits per heavy atom. The van der Waals surface area contributed by atoms with Crippen LogP contribution < -0.4 is 0 Å². The highest BCUT2D eigenvalue weighted by Crippen LogP contribution is 2.62. The lowest BCUT2D eigenvalue weighted by Crippen LogP contribution is -2.63. The van der Waals surface area contributed by atoms with E-state index >= 15 is 0 Å². The highest BCUT2D eigenvalue weighted by atomic mass is 17.2. The molecule has 5 fully saturated rings. The maximum Gasteiger partial charge on any atom is 0.208 e. The van der Waals surface area contributed by atoms with Gasteiger partial charge in [-0.3, -0.25) is 0 Å². The molecular weight excluding hydrogens is 360 g/mol. The van der Waals surface area contributed by atoms with E-state index in [0.29, 0.717) is 11.8 Å². The molecule has 0 aromatic heterocycles. The van der Waals surface area contributed by atoms with E-state index in [1.165, 1.54) is 32.1 Å². The molecule has 3 heteroatoms. The van der Waals surface area contributed by atoms with Crippen molar-refractivity contribution in [2.45, 2.75) is 50.1 Å². The van der Waals surface area contributed by atoms with E-state index < -0.39 is 5.79 Å². The van der Waals surface area contributed by atoms with Crippen LogP contribution in [0, 0.1) is 23.7 Å². The van der Waals surface area contributed by atoms with Crippen molar-refractivity contribution in [2.75, 3.05) is 0 Å². The number of hydrogen-bond donors (Lipinski definition) is 0. The van der Waals surface area contributed by atoms with Gasteiger partial charge in [0.1, 0.15) is 12.2 Å². The normalized spacial score (nSPS) is 40.3. The standard InChI is InChI=1S/C26H28O3/c1-17(20-8-4-2-5-9-20)24-25(21-10-6-3-7-11-21)27-26(29-28-24)22-13-18-12-19(15-22)16-23(26)14-18/h2-11,18-19,22-25H,1,12-16H2/t18?,19?,22?,23?,24-,25-,26?/m1/s1. The molecule has 3 nitrogen and oxygen atoms in total. The van der Waals surface area contributed by atoms with Gasteiger partial charge in [-0.15, -0.1) is 0 Å². The third-order valence-corrected chi connectivity index (χ3v) is 7.76. The molecule has 2 aromatic carbocycles. The quantitative estimate of drug-likeness (QED) is 0.609. The van der Waals surface area contributed by atoms with Gasteiger partial charge in [0.15, 0.2) is 0 Å². The zero-order valence-electron chi connectivity index (χ0n) is 16.7. The van der Waals surface area contributed by atoms with Crippen molar-refractivity contribution >= 4 is 5.57 Å². The third kappa shape index (κ3) is 2.83. The smallest absolute Gasteiger partial charge is 0.208 e. The Hall–Kier alpha value is -1.94. The van der Waals surface area contributed by atoms with E-state index in [4.69, 9.17) is 14.5 Å². The van der Waals surface area contributed by atoms with E-state index in [2.05, 4.69) is 43.0 Å². The first-order chi connectivity index (χ1) is 14.2. The first-order valence-corrected chi connectivity index (χ1v) is 11.0. The summed E-state index contributed by atoms with van der Waals surface area (Å²) in [5.74, 6) is 1.98. The first-order valence-electron chi connectivity index (χ1n) is 11.0. The van der Waals surface area contributed by atoms with Crippen molar-refractivity contribution < 1.29 is 14.5 Å². The molecule has 4 bridgehead atoms. The van der Waals surface area contributed by atoms with Crippen LogP contribution in [0.1, 0.15) is 49.3 Å². The first kappa shape index (κ1) is 17.9. The average molecular weight is 389 g/mol. The van der Waals surface area contributed by atoms with Crippen molar-refractivity contribution in [3.8, 4) is 0 Å². The minimum atomic E-state index is -0.596. The molecule has 2 aromatic rings. The van der Waals surface area contributed by atoms with Crippen LogP contribution in [0.25, 0.3) is 5.57 Å². The molecule has 5 aliphatic rings. The Kier molecular flexibility index (Phi) is 4.19. The van der Waals surface area contributed by atoms with Gasteiger partial charge in [0.25, 0.3) is 0 Å². The lowest BCUT2D eigenvalue weighted by Gasteiger charge is -2.61. The van der Waals surface area contributed by atoms with Gasteiger partial charge in [0.2, 0.25) is 5.79 Å². The number of hydrogen-bond acceptors (Lipinski definition) is 3. The van der Waals surface area contributed by atoms with Gasteiger partial charge in [0, 0.05) is 11.8 Å². The van der Waals surface area contributed by atoms with Gasteiger partial charge in [-0.1, -0.05) is 67.2 Å². The van der Waals surface area contributed by atoms with E-state index in [1.807, 2.05) is 24.3 Å². The fourth-order valence-corrected chi connectivity index (χ4v) is 6.57. The maximum absolute atomic E-state index is 6.98. The Morgan fingerprint density at radius 3 is 2.00 bits per heavy atom. The number of benzene rings is 2. The summed E-state index contributed by atoms with van der Waals surface area (Å²) in [5.41, 5.74) is 3.09. The summed E-state index contributed by atoms with van der Waals surface area (Å²) in [4.78, 5) is 12.5. The number of rotatable bonds is 3. The molecule has 150 valence electrons. The molecular formula is C26H28O3. The molecule has 7 rings (SSSR count). The summed E-state index contributed by atoms with van der Waals surface area (Å²) >= 11 is 0. The number of ether oxygens (including phenoxy) is 1. The third-order valence-electron chi connectivity index (χ3n) is 7.76. The Balaban J connectivity index is 1.36. The molecule has 1 spiro atoms. The lowest BCUT2D eigenvalue weighted by atomic mass is 9.53. The molecule has 1 aliphatic heterocycles. The fourth-order valence-electron chi connectivity index (χ4n) is 6.57. The van der Waals surface area contributed by atoms with E-state index in [1.54, 1.807) is 0 Å². The van der Waals surface area contributed by atoms with Gasteiger partial charge >= 0.3 is 0 Å². The average Bonchev–Trinajstić information content (AvgIpc) is 2.78. The van der Waals surface area contributed by atoms with E-state index in [-0.39, 0.29) is 12.2 Å².